The van der Waals surface area contributed by atoms with Crippen molar-refractivity contribution in [2.24, 2.45) is 11.7 Å². The lowest BCUT2D eigenvalue weighted by atomic mass is 9.92. The molecule has 0 radical (unpaired) electrons. The van der Waals surface area contributed by atoms with Crippen LogP contribution in [0.25, 0.3) is 0 Å². The number of halogens is 2. The maximum atomic E-state index is 12.2. The summed E-state index contributed by atoms with van der Waals surface area (Å²) < 4.78 is 26.5. The van der Waals surface area contributed by atoms with Gasteiger partial charge in [-0.25, -0.2) is 13.1 Å². The van der Waals surface area contributed by atoms with E-state index in [9.17, 15) is 13.2 Å². The largest absolute Gasteiger partial charge is 0.342 e. The van der Waals surface area contributed by atoms with E-state index in [-0.39, 0.29) is 54.6 Å². The average molecular weight is 413 g/mol. The molecule has 1 aliphatic heterocycles. The lowest BCUT2D eigenvalue weighted by molar-refractivity contribution is -0.132. The zero-order valence-electron chi connectivity index (χ0n) is 14.1. The molecule has 2 atom stereocenters. The fourth-order valence-electron chi connectivity index (χ4n) is 2.71. The molecule has 3 N–H and O–H groups in total. The second-order valence-corrected chi connectivity index (χ2v) is 7.70. The fraction of sp³-hybridized carbons (Fsp3) is 0.600. The number of rotatable bonds is 6. The summed E-state index contributed by atoms with van der Waals surface area (Å²) in [5, 5.41) is 0. The van der Waals surface area contributed by atoms with Crippen LogP contribution in [0.4, 0.5) is 0 Å². The number of nitrogens with two attached hydrogens (primary N) is 1. The van der Waals surface area contributed by atoms with Crippen molar-refractivity contribution in [1.82, 2.24) is 14.6 Å². The Bertz CT molecular complexity index is 629. The molecule has 0 aromatic carbocycles. The first-order valence-corrected chi connectivity index (χ1v) is 9.31. The molecule has 1 aromatic rings. The Balaban J connectivity index is 0.00000288. The standard InChI is InChI=1S/C15H24N4O3S.2ClH/c1-12(16)13-4-3-9-19(11-13)15(20)6-8-18-23(21,22)14-5-2-7-17-10-14;;/h2,5,7,10,12-13,18H,3-4,6,8-9,11,16H2,1H3;2*1H. The predicted octanol–water partition coefficient (Wildman–Crippen LogP) is 1.18. The lowest BCUT2D eigenvalue weighted by Crippen LogP contribution is -2.45. The first-order chi connectivity index (χ1) is 10.9. The molecule has 1 aliphatic rings. The number of pyridine rings is 1. The highest BCUT2D eigenvalue weighted by molar-refractivity contribution is 7.89. The van der Waals surface area contributed by atoms with Crippen molar-refractivity contribution in [3.8, 4) is 0 Å². The van der Waals surface area contributed by atoms with Crippen LogP contribution in [0.2, 0.25) is 0 Å². The van der Waals surface area contributed by atoms with Gasteiger partial charge in [0.05, 0.1) is 0 Å². The van der Waals surface area contributed by atoms with Gasteiger partial charge < -0.3 is 10.6 Å². The second kappa shape index (κ2) is 10.9. The molecular weight excluding hydrogens is 387 g/mol. The Hall–Kier alpha value is -0.930. The molecule has 7 nitrogen and oxygen atoms in total. The number of nitrogens with zero attached hydrogens (tertiary/aromatic N) is 2. The molecule has 0 aliphatic carbocycles. The molecule has 10 heteroatoms. The van der Waals surface area contributed by atoms with Crippen molar-refractivity contribution in [3.63, 3.8) is 0 Å². The van der Waals surface area contributed by atoms with Gasteiger partial charge in [0.1, 0.15) is 4.90 Å². The van der Waals surface area contributed by atoms with Crippen LogP contribution in [0, 0.1) is 5.92 Å². The van der Waals surface area contributed by atoms with E-state index in [1.165, 1.54) is 18.5 Å². The third kappa shape index (κ3) is 7.07. The number of hydrogen-bond donors (Lipinski definition) is 2. The zero-order valence-corrected chi connectivity index (χ0v) is 16.6. The van der Waals surface area contributed by atoms with E-state index >= 15 is 0 Å². The maximum Gasteiger partial charge on any atom is 0.242 e. The van der Waals surface area contributed by atoms with Gasteiger partial charge in [-0.05, 0) is 37.8 Å². The summed E-state index contributed by atoms with van der Waals surface area (Å²) in [7, 11) is -3.61. The van der Waals surface area contributed by atoms with Gasteiger partial charge in [0, 0.05) is 44.5 Å². The molecule has 144 valence electrons. The van der Waals surface area contributed by atoms with Crippen LogP contribution in [-0.4, -0.2) is 49.9 Å². The van der Waals surface area contributed by atoms with Crippen molar-refractivity contribution in [3.05, 3.63) is 24.5 Å². The third-order valence-corrected chi connectivity index (χ3v) is 5.58. The normalized spacial score (nSPS) is 18.6. The fourth-order valence-corrected chi connectivity index (χ4v) is 3.70. The minimum atomic E-state index is -3.61. The van der Waals surface area contributed by atoms with Crippen molar-refractivity contribution in [2.75, 3.05) is 19.6 Å². The van der Waals surface area contributed by atoms with E-state index in [4.69, 9.17) is 5.73 Å². The van der Waals surface area contributed by atoms with Crippen molar-refractivity contribution in [1.29, 1.82) is 0 Å². The summed E-state index contributed by atoms with van der Waals surface area (Å²) >= 11 is 0. The Labute approximate surface area is 161 Å². The van der Waals surface area contributed by atoms with Crippen molar-refractivity contribution >= 4 is 40.7 Å². The number of nitrogens with one attached hydrogen (secondary N) is 1. The van der Waals surface area contributed by atoms with E-state index in [0.717, 1.165) is 19.4 Å². The van der Waals surface area contributed by atoms with Gasteiger partial charge in [0.25, 0.3) is 0 Å². The van der Waals surface area contributed by atoms with Gasteiger partial charge in [-0.3, -0.25) is 9.78 Å². The number of carbonyl (C=O) groups excluding carboxylic acids is 1. The van der Waals surface area contributed by atoms with E-state index in [1.54, 1.807) is 11.0 Å². The quantitative estimate of drug-likeness (QED) is 0.729. The molecule has 1 fully saturated rings. The van der Waals surface area contributed by atoms with E-state index < -0.39 is 10.0 Å². The Morgan fingerprint density at radius 2 is 2.20 bits per heavy atom. The highest BCUT2D eigenvalue weighted by Gasteiger charge is 2.25. The van der Waals surface area contributed by atoms with Gasteiger partial charge in [0.15, 0.2) is 0 Å². The summed E-state index contributed by atoms with van der Waals surface area (Å²) in [5.41, 5.74) is 5.92. The van der Waals surface area contributed by atoms with E-state index in [2.05, 4.69) is 9.71 Å². The summed E-state index contributed by atoms with van der Waals surface area (Å²) in [6.07, 6.45) is 4.91. The van der Waals surface area contributed by atoms with Gasteiger partial charge in [0.2, 0.25) is 15.9 Å². The maximum absolute atomic E-state index is 12.2. The van der Waals surface area contributed by atoms with Gasteiger partial charge in [-0.2, -0.15) is 0 Å². The van der Waals surface area contributed by atoms with Crippen molar-refractivity contribution < 1.29 is 13.2 Å². The smallest absolute Gasteiger partial charge is 0.242 e. The Kier molecular flexibility index (Phi) is 10.5. The lowest BCUT2D eigenvalue weighted by Gasteiger charge is -2.34. The summed E-state index contributed by atoms with van der Waals surface area (Å²) in [5.74, 6) is 0.282. The van der Waals surface area contributed by atoms with E-state index in [0.29, 0.717) is 12.5 Å². The number of sulfonamides is 1. The monoisotopic (exact) mass is 412 g/mol. The molecule has 1 saturated heterocycles. The summed E-state index contributed by atoms with van der Waals surface area (Å²) in [6.45, 7) is 3.42. The molecule has 1 aromatic heterocycles. The molecule has 2 rings (SSSR count). The number of aromatic nitrogens is 1. The van der Waals surface area contributed by atoms with Crippen LogP contribution in [-0.2, 0) is 14.8 Å². The number of piperidine rings is 1. The molecule has 0 saturated carbocycles. The second-order valence-electron chi connectivity index (χ2n) is 5.94. The van der Waals surface area contributed by atoms with Crippen LogP contribution in [0.3, 0.4) is 0 Å². The molecule has 0 spiro atoms. The molecule has 1 amide bonds. The molecule has 2 unspecified atom stereocenters. The van der Waals surface area contributed by atoms with Crippen LogP contribution in [0.15, 0.2) is 29.4 Å². The highest BCUT2D eigenvalue weighted by Crippen LogP contribution is 2.19. The first-order valence-electron chi connectivity index (χ1n) is 7.83. The predicted molar refractivity (Wildman–Crippen MR) is 101 cm³/mol. The number of carbonyl (C=O) groups is 1. The number of likely N-dealkylation sites (tertiary alicyclic amines) is 1. The van der Waals surface area contributed by atoms with Crippen LogP contribution in [0.5, 0.6) is 0 Å². The molecular formula is C15H26Cl2N4O3S. The van der Waals surface area contributed by atoms with Gasteiger partial charge >= 0.3 is 0 Å². The first kappa shape index (κ1) is 24.1. The summed E-state index contributed by atoms with van der Waals surface area (Å²) in [4.78, 5) is 17.9. The topological polar surface area (TPSA) is 105 Å². The Morgan fingerprint density at radius 3 is 2.80 bits per heavy atom. The van der Waals surface area contributed by atoms with Crippen molar-refractivity contribution in [2.45, 2.75) is 37.1 Å². The Morgan fingerprint density at radius 1 is 1.48 bits per heavy atom. The molecule has 25 heavy (non-hydrogen) atoms. The SMILES string of the molecule is CC(N)C1CCCN(C(=O)CCNS(=O)(=O)c2cccnc2)C1.Cl.Cl. The molecule has 2 heterocycles. The average Bonchev–Trinajstić information content (AvgIpc) is 2.55. The van der Waals surface area contributed by atoms with Crippen LogP contribution < -0.4 is 10.5 Å². The van der Waals surface area contributed by atoms with Crippen LogP contribution in [0.1, 0.15) is 26.2 Å². The zero-order chi connectivity index (χ0) is 16.9. The minimum absolute atomic E-state index is 0. The summed E-state index contributed by atoms with van der Waals surface area (Å²) in [6, 6.07) is 3.09. The van der Waals surface area contributed by atoms with Gasteiger partial charge in [-0.15, -0.1) is 24.8 Å². The highest BCUT2D eigenvalue weighted by atomic mass is 35.5. The third-order valence-electron chi connectivity index (χ3n) is 4.13. The van der Waals surface area contributed by atoms with Gasteiger partial charge in [-0.1, -0.05) is 0 Å². The minimum Gasteiger partial charge on any atom is -0.342 e. The van der Waals surface area contributed by atoms with Crippen LogP contribution >= 0.6 is 24.8 Å². The number of hydrogen-bond acceptors (Lipinski definition) is 5. The molecule has 0 bridgehead atoms. The number of amides is 1. The van der Waals surface area contributed by atoms with E-state index in [1.807, 2.05) is 6.92 Å².